The van der Waals surface area contributed by atoms with Gasteiger partial charge in [-0.05, 0) is 40.8 Å². The van der Waals surface area contributed by atoms with Crippen LogP contribution in [0.1, 0.15) is 11.1 Å². The third kappa shape index (κ3) is 5.90. The Labute approximate surface area is 173 Å². The lowest BCUT2D eigenvalue weighted by atomic mass is 10.0. The van der Waals surface area contributed by atoms with Crippen LogP contribution in [0.15, 0.2) is 73.1 Å². The van der Waals surface area contributed by atoms with Gasteiger partial charge in [-0.1, -0.05) is 42.5 Å². The Morgan fingerprint density at radius 2 is 1.63 bits per heavy atom. The molecule has 0 saturated heterocycles. The molecule has 0 spiro atoms. The van der Waals surface area contributed by atoms with Crippen molar-refractivity contribution in [2.24, 2.45) is 0 Å². The van der Waals surface area contributed by atoms with Crippen LogP contribution in [0.3, 0.4) is 0 Å². The van der Waals surface area contributed by atoms with Crippen LogP contribution < -0.4 is 0 Å². The minimum absolute atomic E-state index is 0.0153. The van der Waals surface area contributed by atoms with E-state index in [0.29, 0.717) is 15.4 Å². The minimum atomic E-state index is -4.61. The maximum Gasteiger partial charge on any atom is 0.402 e. The largest absolute Gasteiger partial charge is 0.402 e. The van der Waals surface area contributed by atoms with E-state index in [1.165, 1.54) is 12.1 Å². The van der Waals surface area contributed by atoms with Crippen LogP contribution in [-0.2, 0) is 22.0 Å². The quantitative estimate of drug-likeness (QED) is 0.382. The molecule has 1 aromatic heterocycles. The maximum absolute atomic E-state index is 14.7. The van der Waals surface area contributed by atoms with E-state index in [4.69, 9.17) is 0 Å². The molecule has 0 aliphatic carbocycles. The van der Waals surface area contributed by atoms with Crippen molar-refractivity contribution in [1.82, 2.24) is 9.29 Å². The van der Waals surface area contributed by atoms with Crippen molar-refractivity contribution < 1.29 is 21.8 Å². The van der Waals surface area contributed by atoms with E-state index in [2.05, 4.69) is 10.9 Å². The van der Waals surface area contributed by atoms with E-state index in [-0.39, 0.29) is 11.3 Å². The Bertz CT molecular complexity index is 1090. The first kappa shape index (κ1) is 22.0. The lowest BCUT2D eigenvalue weighted by Gasteiger charge is -2.27. The molecule has 8 heteroatoms. The zero-order valence-corrected chi connectivity index (χ0v) is 16.8. The second kappa shape index (κ2) is 8.97. The van der Waals surface area contributed by atoms with Crippen molar-refractivity contribution in [3.8, 4) is 11.1 Å². The molecule has 1 atom stereocenters. The van der Waals surface area contributed by atoms with Crippen molar-refractivity contribution in [3.05, 3.63) is 90.0 Å². The van der Waals surface area contributed by atoms with Gasteiger partial charge in [0.05, 0.1) is 5.75 Å². The SMILES string of the molecule is C=S(=O)(Cc1ccccc1)N(Cc1ccc(-c2ccncc2)cc1F)CC(F)(F)F. The summed E-state index contributed by atoms with van der Waals surface area (Å²) in [7, 11) is -3.35. The number of aromatic nitrogens is 1. The fourth-order valence-corrected chi connectivity index (χ4v) is 4.66. The van der Waals surface area contributed by atoms with Gasteiger partial charge in [0.25, 0.3) is 0 Å². The lowest BCUT2D eigenvalue weighted by molar-refractivity contribution is -0.136. The first-order chi connectivity index (χ1) is 14.1. The van der Waals surface area contributed by atoms with E-state index in [1.54, 1.807) is 60.9 Å². The summed E-state index contributed by atoms with van der Waals surface area (Å²) in [5.41, 5.74) is 1.91. The van der Waals surface area contributed by atoms with Gasteiger partial charge in [-0.2, -0.15) is 13.2 Å². The fraction of sp³-hybridized carbons (Fsp3) is 0.182. The predicted octanol–water partition coefficient (Wildman–Crippen LogP) is 5.08. The Kier molecular flexibility index (Phi) is 6.58. The molecule has 0 bridgehead atoms. The Balaban J connectivity index is 1.88. The Morgan fingerprint density at radius 1 is 0.967 bits per heavy atom. The number of pyridine rings is 1. The molecule has 30 heavy (non-hydrogen) atoms. The third-order valence-corrected chi connectivity index (χ3v) is 6.46. The van der Waals surface area contributed by atoms with Gasteiger partial charge in [0, 0.05) is 34.2 Å². The monoisotopic (exact) mass is 436 g/mol. The van der Waals surface area contributed by atoms with E-state index in [9.17, 15) is 21.8 Å². The normalized spacial score (nSPS) is 13.9. The molecule has 158 valence electrons. The molecule has 0 N–H and O–H groups in total. The highest BCUT2D eigenvalue weighted by molar-refractivity contribution is 7.97. The molecule has 0 aliphatic rings. The van der Waals surface area contributed by atoms with Gasteiger partial charge >= 0.3 is 6.18 Å². The summed E-state index contributed by atoms with van der Waals surface area (Å²) in [6, 6.07) is 16.2. The molecule has 3 rings (SSSR count). The van der Waals surface area contributed by atoms with E-state index >= 15 is 0 Å². The topological polar surface area (TPSA) is 33.2 Å². The third-order valence-electron chi connectivity index (χ3n) is 4.47. The van der Waals surface area contributed by atoms with Gasteiger partial charge in [0.2, 0.25) is 0 Å². The molecular weight excluding hydrogens is 416 g/mol. The predicted molar refractivity (Wildman–Crippen MR) is 112 cm³/mol. The number of benzene rings is 2. The highest BCUT2D eigenvalue weighted by Crippen LogP contribution is 2.26. The molecule has 0 fully saturated rings. The van der Waals surface area contributed by atoms with Crippen LogP contribution >= 0.6 is 0 Å². The summed E-state index contributed by atoms with van der Waals surface area (Å²) in [6.45, 7) is -1.93. The average Bonchev–Trinajstić information content (AvgIpc) is 2.69. The molecular formula is C22H20F4N2OS. The second-order valence-electron chi connectivity index (χ2n) is 6.86. The van der Waals surface area contributed by atoms with Gasteiger partial charge in [-0.25, -0.2) is 8.70 Å². The van der Waals surface area contributed by atoms with Crippen LogP contribution in [0.25, 0.3) is 11.1 Å². The lowest BCUT2D eigenvalue weighted by Crippen LogP contribution is -2.39. The molecule has 3 nitrogen and oxygen atoms in total. The Hall–Kier alpha value is -2.71. The van der Waals surface area contributed by atoms with Crippen molar-refractivity contribution >= 4 is 15.6 Å². The van der Waals surface area contributed by atoms with Crippen LogP contribution in [0.5, 0.6) is 0 Å². The van der Waals surface area contributed by atoms with Crippen LogP contribution in [0.4, 0.5) is 17.6 Å². The molecule has 2 aromatic carbocycles. The zero-order chi connectivity index (χ0) is 21.8. The van der Waals surface area contributed by atoms with Gasteiger partial charge in [-0.3, -0.25) is 9.19 Å². The summed E-state index contributed by atoms with van der Waals surface area (Å²) < 4.78 is 68.0. The minimum Gasteiger partial charge on any atom is -0.265 e. The molecule has 0 saturated carbocycles. The summed E-state index contributed by atoms with van der Waals surface area (Å²) in [6.07, 6.45) is -1.48. The summed E-state index contributed by atoms with van der Waals surface area (Å²) >= 11 is 0. The van der Waals surface area contributed by atoms with Gasteiger partial charge < -0.3 is 0 Å². The molecule has 1 unspecified atom stereocenters. The summed E-state index contributed by atoms with van der Waals surface area (Å²) in [5.74, 6) is 2.72. The number of alkyl halides is 3. The van der Waals surface area contributed by atoms with Gasteiger partial charge in [-0.15, -0.1) is 0 Å². The average molecular weight is 436 g/mol. The summed E-state index contributed by atoms with van der Waals surface area (Å²) in [4.78, 5) is 3.90. The maximum atomic E-state index is 14.7. The van der Waals surface area contributed by atoms with Crippen molar-refractivity contribution in [1.29, 1.82) is 0 Å². The highest BCUT2D eigenvalue weighted by atomic mass is 32.2. The van der Waals surface area contributed by atoms with E-state index in [0.717, 1.165) is 5.56 Å². The highest BCUT2D eigenvalue weighted by Gasteiger charge is 2.34. The molecule has 0 aliphatic heterocycles. The van der Waals surface area contributed by atoms with Crippen LogP contribution in [-0.4, -0.2) is 32.1 Å². The first-order valence-corrected chi connectivity index (χ1v) is 10.9. The van der Waals surface area contributed by atoms with E-state index < -0.39 is 34.8 Å². The Morgan fingerprint density at radius 3 is 2.23 bits per heavy atom. The van der Waals surface area contributed by atoms with E-state index in [1.807, 2.05) is 0 Å². The number of halogens is 4. The first-order valence-electron chi connectivity index (χ1n) is 9.03. The second-order valence-corrected chi connectivity index (χ2v) is 9.21. The standard InChI is InChI=1S/C22H20F4N2OS/c1-30(29,15-17-5-3-2-4-6-17)28(16-22(24,25)26)14-20-8-7-19(13-21(20)23)18-9-11-27-12-10-18/h2-13H,1,14-16H2. The van der Waals surface area contributed by atoms with Crippen LogP contribution in [0, 0.1) is 5.82 Å². The molecule has 0 radical (unpaired) electrons. The van der Waals surface area contributed by atoms with Crippen molar-refractivity contribution in [2.45, 2.75) is 18.5 Å². The number of rotatable bonds is 7. The zero-order valence-electron chi connectivity index (χ0n) is 16.0. The number of hydrogen-bond donors (Lipinski definition) is 0. The molecule has 1 heterocycles. The molecule has 3 aromatic rings. The molecule has 0 amide bonds. The fourth-order valence-electron chi connectivity index (χ4n) is 3.01. The van der Waals surface area contributed by atoms with Crippen molar-refractivity contribution in [3.63, 3.8) is 0 Å². The van der Waals surface area contributed by atoms with Crippen molar-refractivity contribution in [2.75, 3.05) is 6.54 Å². The number of nitrogens with zero attached hydrogens (tertiary/aromatic N) is 2. The van der Waals surface area contributed by atoms with Crippen LogP contribution in [0.2, 0.25) is 0 Å². The smallest absolute Gasteiger partial charge is 0.265 e. The number of hydrogen-bond acceptors (Lipinski definition) is 2. The van der Waals surface area contributed by atoms with Gasteiger partial charge in [0.15, 0.2) is 0 Å². The summed E-state index contributed by atoms with van der Waals surface area (Å²) in [5, 5.41) is 0. The van der Waals surface area contributed by atoms with Gasteiger partial charge in [0.1, 0.15) is 12.4 Å².